The minimum atomic E-state index is -0.810. The lowest BCUT2D eigenvalue weighted by molar-refractivity contribution is -0.139. The average Bonchev–Trinajstić information content (AvgIpc) is 3.83. The average molecular weight is 717 g/mol. The van der Waals surface area contributed by atoms with Gasteiger partial charge in [-0.3, -0.25) is 19.2 Å². The van der Waals surface area contributed by atoms with E-state index in [4.69, 9.17) is 0 Å². The predicted molar refractivity (Wildman–Crippen MR) is 194 cm³/mol. The summed E-state index contributed by atoms with van der Waals surface area (Å²) in [6, 6.07) is 11.1. The molecule has 2 aliphatic heterocycles. The number of nitrogens with zero attached hydrogens (tertiary/aromatic N) is 2. The Balaban J connectivity index is 1.32. The zero-order chi connectivity index (χ0) is 37.9. The topological polar surface area (TPSA) is 175 Å². The monoisotopic (exact) mass is 716 g/mol. The van der Waals surface area contributed by atoms with E-state index in [-0.39, 0.29) is 35.5 Å². The molecule has 52 heavy (non-hydrogen) atoms. The molecule has 14 heteroatoms. The molecule has 2 aromatic carbocycles. The lowest BCUT2D eigenvalue weighted by atomic mass is 10.0. The van der Waals surface area contributed by atoms with E-state index in [1.807, 2.05) is 27.7 Å². The zero-order valence-electron chi connectivity index (χ0n) is 30.5. The Morgan fingerprint density at radius 3 is 1.27 bits per heavy atom. The lowest BCUT2D eigenvalue weighted by Gasteiger charge is -2.30. The molecule has 14 nitrogen and oxygen atoms in total. The van der Waals surface area contributed by atoms with Gasteiger partial charge in [0.25, 0.3) is 0 Å². The second-order valence-electron chi connectivity index (χ2n) is 13.5. The van der Waals surface area contributed by atoms with Gasteiger partial charge in [-0.05, 0) is 86.1 Å². The van der Waals surface area contributed by atoms with E-state index in [1.165, 1.54) is 24.0 Å². The van der Waals surface area contributed by atoms with Crippen molar-refractivity contribution in [3.8, 4) is 11.8 Å². The van der Waals surface area contributed by atoms with Gasteiger partial charge >= 0.3 is 12.2 Å². The number of hydrogen-bond acceptors (Lipinski definition) is 8. The highest BCUT2D eigenvalue weighted by molar-refractivity contribution is 5.99. The fourth-order valence-electron chi connectivity index (χ4n) is 6.23. The van der Waals surface area contributed by atoms with Crippen molar-refractivity contribution in [3.05, 3.63) is 59.7 Å². The van der Waals surface area contributed by atoms with E-state index >= 15 is 0 Å². The molecule has 0 aromatic heterocycles. The van der Waals surface area contributed by atoms with E-state index in [0.717, 1.165) is 0 Å². The number of carbonyl (C=O) groups excluding carboxylic acids is 6. The molecule has 0 unspecified atom stereocenters. The molecule has 0 aliphatic carbocycles. The number of benzene rings is 2. The molecule has 2 fully saturated rings. The molecule has 2 aliphatic rings. The van der Waals surface area contributed by atoms with Crippen molar-refractivity contribution in [2.24, 2.45) is 11.8 Å². The number of amides is 6. The molecular weight excluding hydrogens is 668 g/mol. The molecule has 0 bridgehead atoms. The van der Waals surface area contributed by atoms with Crippen LogP contribution < -0.4 is 21.3 Å². The summed E-state index contributed by atoms with van der Waals surface area (Å²) in [5, 5.41) is 10.9. The standard InChI is InChI=1S/C38H48N6O8/c1-23(2)31(41-37(49)51-5)35(47)43-21-7-9-29(43)33(45)39-27-17-13-25(14-18-27)11-12-26-15-19-28(20-16-26)40-34(46)30-10-8-22-44(30)36(48)32(24(3)4)42-38(50)52-6/h13-20,23-24,29-32H,7-10,21-22H2,1-6H3,(H,39,45)(H,40,46)(H,41,49)(H,42,50)/t29-,30-,31-,32-/m0/s1. The van der Waals surface area contributed by atoms with Crippen LogP contribution in [0, 0.1) is 23.7 Å². The number of carbonyl (C=O) groups is 6. The summed E-state index contributed by atoms with van der Waals surface area (Å²) in [5.74, 6) is 4.54. The summed E-state index contributed by atoms with van der Waals surface area (Å²) in [4.78, 5) is 79.6. The maximum Gasteiger partial charge on any atom is 0.407 e. The Hall–Kier alpha value is -5.58. The van der Waals surface area contributed by atoms with Crippen LogP contribution >= 0.6 is 0 Å². The van der Waals surface area contributed by atoms with E-state index in [2.05, 4.69) is 42.6 Å². The number of rotatable bonds is 10. The molecule has 2 saturated heterocycles. The van der Waals surface area contributed by atoms with Gasteiger partial charge in [0.15, 0.2) is 0 Å². The Kier molecular flexibility index (Phi) is 13.6. The first-order valence-electron chi connectivity index (χ1n) is 17.5. The smallest absolute Gasteiger partial charge is 0.407 e. The normalized spacial score (nSPS) is 17.8. The Bertz CT molecular complexity index is 1560. The predicted octanol–water partition coefficient (Wildman–Crippen LogP) is 3.71. The number of hydrogen-bond donors (Lipinski definition) is 4. The molecule has 0 radical (unpaired) electrons. The van der Waals surface area contributed by atoms with Gasteiger partial charge in [0, 0.05) is 35.6 Å². The fourth-order valence-corrected chi connectivity index (χ4v) is 6.23. The fraction of sp³-hybridized carbons (Fsp3) is 0.474. The quantitative estimate of drug-likeness (QED) is 0.269. The third-order valence-corrected chi connectivity index (χ3v) is 9.12. The zero-order valence-corrected chi connectivity index (χ0v) is 30.5. The molecule has 4 N–H and O–H groups in total. The molecule has 4 rings (SSSR count). The van der Waals surface area contributed by atoms with Crippen molar-refractivity contribution >= 4 is 47.2 Å². The van der Waals surface area contributed by atoms with Crippen molar-refractivity contribution in [2.75, 3.05) is 37.9 Å². The van der Waals surface area contributed by atoms with Crippen LogP contribution in [0.5, 0.6) is 0 Å². The molecular formula is C38H48N6O8. The van der Waals surface area contributed by atoms with Crippen LogP contribution in [0.25, 0.3) is 0 Å². The molecule has 0 saturated carbocycles. The highest BCUT2D eigenvalue weighted by Gasteiger charge is 2.40. The largest absolute Gasteiger partial charge is 0.453 e. The number of nitrogens with one attached hydrogen (secondary N) is 4. The van der Waals surface area contributed by atoms with Gasteiger partial charge in [-0.25, -0.2) is 9.59 Å². The second kappa shape index (κ2) is 18.1. The first-order valence-corrected chi connectivity index (χ1v) is 17.5. The summed E-state index contributed by atoms with van der Waals surface area (Å²) in [7, 11) is 2.47. The van der Waals surface area contributed by atoms with Crippen LogP contribution in [-0.4, -0.2) is 97.1 Å². The minimum absolute atomic E-state index is 0.196. The van der Waals surface area contributed by atoms with Crippen LogP contribution in [-0.2, 0) is 28.7 Å². The van der Waals surface area contributed by atoms with Crippen molar-refractivity contribution < 1.29 is 38.2 Å². The highest BCUT2D eigenvalue weighted by atomic mass is 16.5. The third kappa shape index (κ3) is 10.0. The summed E-state index contributed by atoms with van der Waals surface area (Å²) in [6.07, 6.45) is 0.969. The molecule has 278 valence electrons. The molecule has 4 atom stereocenters. The summed E-state index contributed by atoms with van der Waals surface area (Å²) >= 11 is 0. The third-order valence-electron chi connectivity index (χ3n) is 9.12. The summed E-state index contributed by atoms with van der Waals surface area (Å²) in [6.45, 7) is 8.11. The Labute approximate surface area is 304 Å². The SMILES string of the molecule is COC(=O)N[C@H](C(=O)N1CCC[C@H]1C(=O)Nc1ccc(C#Cc2ccc(NC(=O)[C@@H]3CCCN3C(=O)[C@@H](NC(=O)OC)C(C)C)cc2)cc1)C(C)C. The van der Waals surface area contributed by atoms with Crippen molar-refractivity contribution in [2.45, 2.75) is 77.5 Å². The number of anilines is 2. The van der Waals surface area contributed by atoms with Crippen molar-refractivity contribution in [1.29, 1.82) is 0 Å². The second-order valence-corrected chi connectivity index (χ2v) is 13.5. The number of methoxy groups -OCH3 is 2. The Morgan fingerprint density at radius 2 is 0.962 bits per heavy atom. The first-order chi connectivity index (χ1) is 24.8. The van der Waals surface area contributed by atoms with Gasteiger partial charge in [0.1, 0.15) is 24.2 Å². The van der Waals surface area contributed by atoms with E-state index in [9.17, 15) is 28.8 Å². The Morgan fingerprint density at radius 1 is 0.615 bits per heavy atom. The van der Waals surface area contributed by atoms with Gasteiger partial charge in [0.05, 0.1) is 14.2 Å². The summed E-state index contributed by atoms with van der Waals surface area (Å²) < 4.78 is 9.33. The minimum Gasteiger partial charge on any atom is -0.453 e. The maximum absolute atomic E-state index is 13.3. The lowest BCUT2D eigenvalue weighted by Crippen LogP contribution is -2.54. The van der Waals surface area contributed by atoms with E-state index in [0.29, 0.717) is 61.3 Å². The molecule has 2 aromatic rings. The van der Waals surface area contributed by atoms with Crippen molar-refractivity contribution in [3.63, 3.8) is 0 Å². The van der Waals surface area contributed by atoms with E-state index < -0.39 is 36.4 Å². The van der Waals surface area contributed by atoms with Gasteiger partial charge in [0.2, 0.25) is 23.6 Å². The van der Waals surface area contributed by atoms with Crippen LogP contribution in [0.1, 0.15) is 64.5 Å². The van der Waals surface area contributed by atoms with Gasteiger partial charge in [-0.1, -0.05) is 39.5 Å². The van der Waals surface area contributed by atoms with Crippen LogP contribution in [0.4, 0.5) is 21.0 Å². The van der Waals surface area contributed by atoms with Gasteiger partial charge in [-0.15, -0.1) is 0 Å². The first kappa shape index (κ1) is 39.2. The number of likely N-dealkylation sites (tertiary alicyclic amines) is 2. The van der Waals surface area contributed by atoms with E-state index in [1.54, 1.807) is 48.5 Å². The van der Waals surface area contributed by atoms with Crippen LogP contribution in [0.3, 0.4) is 0 Å². The molecule has 6 amide bonds. The molecule has 0 spiro atoms. The van der Waals surface area contributed by atoms with Crippen molar-refractivity contribution in [1.82, 2.24) is 20.4 Å². The van der Waals surface area contributed by atoms with Gasteiger partial charge in [-0.2, -0.15) is 0 Å². The van der Waals surface area contributed by atoms with Crippen LogP contribution in [0.2, 0.25) is 0 Å². The highest BCUT2D eigenvalue weighted by Crippen LogP contribution is 2.24. The maximum atomic E-state index is 13.3. The molecule has 2 heterocycles. The van der Waals surface area contributed by atoms with Crippen LogP contribution in [0.15, 0.2) is 48.5 Å². The van der Waals surface area contributed by atoms with Gasteiger partial charge < -0.3 is 40.5 Å². The number of ether oxygens (including phenoxy) is 2. The number of alkyl carbamates (subject to hydrolysis) is 2. The summed E-state index contributed by atoms with van der Waals surface area (Å²) in [5.41, 5.74) is 2.55.